The maximum absolute atomic E-state index is 14.7. The van der Waals surface area contributed by atoms with Crippen molar-refractivity contribution in [3.63, 3.8) is 0 Å². The SMILES string of the molecule is COc1ncc(Nc2nc(N[C@H](CC(C)C)[C@H](C)NC(=O)O)c(F)cc2C(N)=O)cc1F. The van der Waals surface area contributed by atoms with Gasteiger partial charge in [0, 0.05) is 18.2 Å². The highest BCUT2D eigenvalue weighted by Gasteiger charge is 2.24. The van der Waals surface area contributed by atoms with Gasteiger partial charge in [-0.1, -0.05) is 13.8 Å². The number of methoxy groups -OCH3 is 1. The Morgan fingerprint density at radius 1 is 1.19 bits per heavy atom. The van der Waals surface area contributed by atoms with E-state index in [4.69, 9.17) is 15.6 Å². The number of aromatic nitrogens is 2. The normalized spacial score (nSPS) is 12.7. The quantitative estimate of drug-likeness (QED) is 0.369. The minimum atomic E-state index is -1.22. The van der Waals surface area contributed by atoms with Gasteiger partial charge in [-0.25, -0.2) is 23.5 Å². The molecule has 12 heteroatoms. The first kappa shape index (κ1) is 24.6. The van der Waals surface area contributed by atoms with Crippen molar-refractivity contribution in [1.29, 1.82) is 0 Å². The second kappa shape index (κ2) is 10.6. The topological polar surface area (TPSA) is 151 Å². The highest BCUT2D eigenvalue weighted by Crippen LogP contribution is 2.26. The van der Waals surface area contributed by atoms with Crippen LogP contribution in [0.15, 0.2) is 18.3 Å². The van der Waals surface area contributed by atoms with Gasteiger partial charge < -0.3 is 31.5 Å². The average molecular weight is 452 g/mol. The largest absolute Gasteiger partial charge is 0.479 e. The number of rotatable bonds is 10. The first-order chi connectivity index (χ1) is 15.0. The van der Waals surface area contributed by atoms with Crippen LogP contribution in [0.5, 0.6) is 5.88 Å². The number of nitrogens with two attached hydrogens (primary N) is 1. The molecule has 32 heavy (non-hydrogen) atoms. The molecule has 2 atom stereocenters. The minimum absolute atomic E-state index is 0.121. The van der Waals surface area contributed by atoms with E-state index < -0.39 is 35.7 Å². The fourth-order valence-corrected chi connectivity index (χ4v) is 3.02. The van der Waals surface area contributed by atoms with Crippen LogP contribution in [0.2, 0.25) is 0 Å². The van der Waals surface area contributed by atoms with Crippen molar-refractivity contribution in [3.8, 4) is 5.88 Å². The van der Waals surface area contributed by atoms with Crippen LogP contribution in [0.25, 0.3) is 0 Å². The Balaban J connectivity index is 2.42. The molecule has 0 unspecified atom stereocenters. The summed E-state index contributed by atoms with van der Waals surface area (Å²) in [6.45, 7) is 5.50. The molecule has 0 aliphatic heterocycles. The highest BCUT2D eigenvalue weighted by atomic mass is 19.1. The molecule has 0 aliphatic carbocycles. The number of ether oxygens (including phenoxy) is 1. The molecule has 174 valence electrons. The number of halogens is 2. The van der Waals surface area contributed by atoms with Crippen LogP contribution in [0.1, 0.15) is 37.6 Å². The van der Waals surface area contributed by atoms with Crippen LogP contribution < -0.4 is 26.4 Å². The summed E-state index contributed by atoms with van der Waals surface area (Å²) in [4.78, 5) is 30.7. The number of nitrogens with one attached hydrogen (secondary N) is 3. The number of pyridine rings is 2. The van der Waals surface area contributed by atoms with Gasteiger partial charge in [0.05, 0.1) is 24.6 Å². The molecule has 2 amide bonds. The van der Waals surface area contributed by atoms with Gasteiger partial charge in [-0.05, 0) is 25.3 Å². The summed E-state index contributed by atoms with van der Waals surface area (Å²) in [5, 5.41) is 17.0. The number of hydrogen-bond acceptors (Lipinski definition) is 7. The molecule has 2 heterocycles. The van der Waals surface area contributed by atoms with Crippen molar-refractivity contribution in [3.05, 3.63) is 35.5 Å². The minimum Gasteiger partial charge on any atom is -0.479 e. The standard InChI is InChI=1S/C20H26F2N6O4/c1-9(2)5-15(10(3)25-20(30)31)27-18-13(21)7-12(16(23)29)17(28-18)26-11-6-14(22)19(32-4)24-8-11/h6-10,15,25H,5H2,1-4H3,(H2,23,29)(H,30,31)(H2,26,27,28)/t10-,15+/m0/s1. The number of carbonyl (C=O) groups is 2. The molecule has 0 aromatic carbocycles. The smallest absolute Gasteiger partial charge is 0.404 e. The molecule has 0 bridgehead atoms. The molecule has 6 N–H and O–H groups in total. The molecule has 0 aliphatic rings. The predicted octanol–water partition coefficient (Wildman–Crippen LogP) is 3.09. The third-order valence-electron chi connectivity index (χ3n) is 4.51. The second-order valence-corrected chi connectivity index (χ2v) is 7.54. The molecule has 2 aromatic rings. The number of carbonyl (C=O) groups excluding carboxylic acids is 1. The van der Waals surface area contributed by atoms with Crippen LogP contribution in [-0.2, 0) is 0 Å². The summed E-state index contributed by atoms with van der Waals surface area (Å²) in [5.41, 5.74) is 5.20. The lowest BCUT2D eigenvalue weighted by molar-refractivity contribution is 0.100. The first-order valence-corrected chi connectivity index (χ1v) is 9.74. The monoisotopic (exact) mass is 452 g/mol. The van der Waals surface area contributed by atoms with E-state index in [-0.39, 0.29) is 34.7 Å². The van der Waals surface area contributed by atoms with Crippen molar-refractivity contribution < 1.29 is 28.2 Å². The highest BCUT2D eigenvalue weighted by molar-refractivity contribution is 5.98. The van der Waals surface area contributed by atoms with E-state index in [1.807, 2.05) is 13.8 Å². The van der Waals surface area contributed by atoms with E-state index in [0.29, 0.717) is 6.42 Å². The summed E-state index contributed by atoms with van der Waals surface area (Å²) >= 11 is 0. The van der Waals surface area contributed by atoms with Gasteiger partial charge in [0.2, 0.25) is 5.88 Å². The predicted molar refractivity (Wildman–Crippen MR) is 114 cm³/mol. The van der Waals surface area contributed by atoms with E-state index >= 15 is 0 Å². The number of carboxylic acid groups (broad SMARTS) is 1. The van der Waals surface area contributed by atoms with E-state index in [0.717, 1.165) is 12.1 Å². The lowest BCUT2D eigenvalue weighted by Gasteiger charge is -2.27. The van der Waals surface area contributed by atoms with Gasteiger partial charge in [-0.15, -0.1) is 0 Å². The number of anilines is 3. The van der Waals surface area contributed by atoms with Crippen LogP contribution in [-0.4, -0.2) is 46.3 Å². The van der Waals surface area contributed by atoms with Crippen molar-refractivity contribution in [2.45, 2.75) is 39.3 Å². The Morgan fingerprint density at radius 2 is 1.88 bits per heavy atom. The first-order valence-electron chi connectivity index (χ1n) is 9.74. The van der Waals surface area contributed by atoms with Crippen molar-refractivity contribution in [2.24, 2.45) is 11.7 Å². The van der Waals surface area contributed by atoms with Gasteiger partial charge in [0.25, 0.3) is 5.91 Å². The maximum Gasteiger partial charge on any atom is 0.404 e. The Bertz CT molecular complexity index is 989. The summed E-state index contributed by atoms with van der Waals surface area (Å²) in [7, 11) is 1.26. The van der Waals surface area contributed by atoms with Crippen LogP contribution in [0, 0.1) is 17.6 Å². The van der Waals surface area contributed by atoms with Gasteiger partial charge in [-0.3, -0.25) is 4.79 Å². The molecule has 0 fully saturated rings. The zero-order valence-electron chi connectivity index (χ0n) is 18.1. The number of hydrogen-bond donors (Lipinski definition) is 5. The van der Waals surface area contributed by atoms with E-state index in [9.17, 15) is 18.4 Å². The van der Waals surface area contributed by atoms with Gasteiger partial charge in [0.1, 0.15) is 5.82 Å². The van der Waals surface area contributed by atoms with Crippen LogP contribution >= 0.6 is 0 Å². The maximum atomic E-state index is 14.7. The Labute approximate surface area is 183 Å². The number of nitrogens with zero attached hydrogens (tertiary/aromatic N) is 2. The Morgan fingerprint density at radius 3 is 2.41 bits per heavy atom. The molecular formula is C20H26F2N6O4. The third kappa shape index (κ3) is 6.40. The summed E-state index contributed by atoms with van der Waals surface area (Å²) in [6, 6.07) is 0.869. The van der Waals surface area contributed by atoms with Crippen molar-refractivity contribution in [1.82, 2.24) is 15.3 Å². The molecule has 0 saturated carbocycles. The Kier molecular flexibility index (Phi) is 8.10. The summed E-state index contributed by atoms with van der Waals surface area (Å²) < 4.78 is 33.5. The zero-order chi connectivity index (χ0) is 24.0. The molecular weight excluding hydrogens is 426 g/mol. The zero-order valence-corrected chi connectivity index (χ0v) is 18.1. The molecule has 0 saturated heterocycles. The second-order valence-electron chi connectivity index (χ2n) is 7.54. The van der Waals surface area contributed by atoms with Gasteiger partial charge >= 0.3 is 6.09 Å². The van der Waals surface area contributed by atoms with E-state index in [1.165, 1.54) is 13.3 Å². The lowest BCUT2D eigenvalue weighted by atomic mass is 9.98. The summed E-state index contributed by atoms with van der Waals surface area (Å²) in [5.74, 6) is -3.00. The fourth-order valence-electron chi connectivity index (χ4n) is 3.02. The third-order valence-corrected chi connectivity index (χ3v) is 4.51. The molecule has 0 radical (unpaired) electrons. The number of amides is 2. The average Bonchev–Trinajstić information content (AvgIpc) is 2.68. The van der Waals surface area contributed by atoms with Gasteiger partial charge in [-0.2, -0.15) is 0 Å². The van der Waals surface area contributed by atoms with E-state index in [2.05, 4.69) is 25.9 Å². The molecule has 10 nitrogen and oxygen atoms in total. The van der Waals surface area contributed by atoms with Crippen molar-refractivity contribution in [2.75, 3.05) is 17.7 Å². The van der Waals surface area contributed by atoms with E-state index in [1.54, 1.807) is 6.92 Å². The molecule has 0 spiro atoms. The fraction of sp³-hybridized carbons (Fsp3) is 0.400. The number of primary amides is 1. The summed E-state index contributed by atoms with van der Waals surface area (Å²) in [6.07, 6.45) is 0.517. The lowest BCUT2D eigenvalue weighted by Crippen LogP contribution is -2.45. The molecule has 2 rings (SSSR count). The Hall–Kier alpha value is -3.70. The molecule has 2 aromatic heterocycles. The van der Waals surface area contributed by atoms with Crippen LogP contribution in [0.3, 0.4) is 0 Å². The van der Waals surface area contributed by atoms with Crippen LogP contribution in [0.4, 0.5) is 30.9 Å². The van der Waals surface area contributed by atoms with Gasteiger partial charge in [0.15, 0.2) is 17.5 Å². The van der Waals surface area contributed by atoms with Crippen molar-refractivity contribution >= 4 is 29.3 Å².